The van der Waals surface area contributed by atoms with Gasteiger partial charge in [0.25, 0.3) is 5.91 Å². The van der Waals surface area contributed by atoms with Gasteiger partial charge in [-0.3, -0.25) is 9.48 Å². The molecule has 0 spiro atoms. The van der Waals surface area contributed by atoms with Crippen molar-refractivity contribution < 1.29 is 9.53 Å². The molecule has 1 fully saturated rings. The summed E-state index contributed by atoms with van der Waals surface area (Å²) in [6.45, 7) is 17.9. The zero-order valence-corrected chi connectivity index (χ0v) is 27.3. The van der Waals surface area contributed by atoms with E-state index in [-0.39, 0.29) is 28.4 Å². The highest BCUT2D eigenvalue weighted by Gasteiger charge is 2.40. The van der Waals surface area contributed by atoms with Crippen molar-refractivity contribution in [2.24, 2.45) is 0 Å². The lowest BCUT2D eigenvalue weighted by Crippen LogP contribution is -2.53. The van der Waals surface area contributed by atoms with Gasteiger partial charge in [0.15, 0.2) is 0 Å². The summed E-state index contributed by atoms with van der Waals surface area (Å²) in [5, 5.41) is 14.2. The Kier molecular flexibility index (Phi) is 8.20. The Bertz CT molecular complexity index is 1590. The van der Waals surface area contributed by atoms with Crippen LogP contribution in [0.5, 0.6) is 5.75 Å². The first-order chi connectivity index (χ1) is 20.1. The van der Waals surface area contributed by atoms with E-state index in [0.717, 1.165) is 29.8 Å². The first-order valence-electron chi connectivity index (χ1n) is 14.9. The van der Waals surface area contributed by atoms with Crippen LogP contribution < -0.4 is 4.74 Å². The van der Waals surface area contributed by atoms with Gasteiger partial charge < -0.3 is 9.64 Å². The third-order valence-electron chi connectivity index (χ3n) is 8.26. The molecule has 228 valence electrons. The quantitative estimate of drug-likeness (QED) is 0.226. The van der Waals surface area contributed by atoms with Gasteiger partial charge in [-0.1, -0.05) is 67.9 Å². The maximum atomic E-state index is 14.4. The number of hydrogen-bond acceptors (Lipinski definition) is 5. The number of amides is 1. The summed E-state index contributed by atoms with van der Waals surface area (Å²) < 4.78 is 9.74. The molecule has 1 atom stereocenters. The molecule has 5 rings (SSSR count). The molecular formula is C34H43ClN6O2. The van der Waals surface area contributed by atoms with Crippen molar-refractivity contribution in [2.75, 3.05) is 6.54 Å². The van der Waals surface area contributed by atoms with Crippen LogP contribution in [0.25, 0.3) is 11.3 Å². The van der Waals surface area contributed by atoms with Gasteiger partial charge in [0, 0.05) is 23.8 Å². The molecule has 4 aromatic rings. The summed E-state index contributed by atoms with van der Waals surface area (Å²) in [4.78, 5) is 16.3. The molecule has 9 heteroatoms. The minimum Gasteiger partial charge on any atom is -0.487 e. The van der Waals surface area contributed by atoms with E-state index in [9.17, 15) is 4.79 Å². The number of carbonyl (C=O) groups is 1. The summed E-state index contributed by atoms with van der Waals surface area (Å²) in [6.07, 6.45) is 5.50. The summed E-state index contributed by atoms with van der Waals surface area (Å²) >= 11 is 6.59. The number of ether oxygens (including phenoxy) is 1. The van der Waals surface area contributed by atoms with Gasteiger partial charge in [0.2, 0.25) is 0 Å². The van der Waals surface area contributed by atoms with E-state index in [4.69, 9.17) is 21.4 Å². The largest absolute Gasteiger partial charge is 0.487 e. The Morgan fingerprint density at radius 3 is 2.37 bits per heavy atom. The van der Waals surface area contributed by atoms with Gasteiger partial charge in [-0.05, 0) is 76.6 Å². The standard InChI is InChI=1S/C34H43ClN6O2/c1-32(2,3)23-13-15-26(16-14-23)43-22-24-19-40(38-36-24)25-17-18-34(7,8)39(20-25)31(42)28-21-41(33(4,5)6)37-30(28)27-11-9-10-12-29(27)35/h9-16,19,21,25H,17-18,20,22H2,1-8H3. The van der Waals surface area contributed by atoms with Crippen molar-refractivity contribution in [1.82, 2.24) is 29.7 Å². The number of piperidine rings is 1. The van der Waals surface area contributed by atoms with E-state index >= 15 is 0 Å². The second-order valence-corrected chi connectivity index (χ2v) is 14.6. The van der Waals surface area contributed by atoms with Gasteiger partial charge in [0.05, 0.1) is 28.4 Å². The Balaban J connectivity index is 1.35. The third-order valence-corrected chi connectivity index (χ3v) is 8.59. The van der Waals surface area contributed by atoms with E-state index in [1.165, 1.54) is 5.56 Å². The normalized spacial score (nSPS) is 17.2. The molecule has 1 saturated heterocycles. The molecule has 1 unspecified atom stereocenters. The molecule has 1 amide bonds. The van der Waals surface area contributed by atoms with Crippen LogP contribution in [-0.4, -0.2) is 47.7 Å². The second-order valence-electron chi connectivity index (χ2n) is 14.2. The van der Waals surface area contributed by atoms with Crippen LogP contribution in [0.3, 0.4) is 0 Å². The maximum Gasteiger partial charge on any atom is 0.258 e. The number of aromatic nitrogens is 5. The number of hydrogen-bond donors (Lipinski definition) is 0. The lowest BCUT2D eigenvalue weighted by Gasteiger charge is -2.45. The fraction of sp³-hybridized carbons (Fsp3) is 0.471. The van der Waals surface area contributed by atoms with E-state index in [0.29, 0.717) is 29.4 Å². The van der Waals surface area contributed by atoms with Crippen molar-refractivity contribution in [1.29, 1.82) is 0 Å². The monoisotopic (exact) mass is 602 g/mol. The zero-order chi connectivity index (χ0) is 31.2. The third kappa shape index (κ3) is 6.64. The predicted octanol–water partition coefficient (Wildman–Crippen LogP) is 7.68. The van der Waals surface area contributed by atoms with Crippen LogP contribution in [0.15, 0.2) is 60.9 Å². The van der Waals surface area contributed by atoms with Crippen LogP contribution in [0.2, 0.25) is 5.02 Å². The van der Waals surface area contributed by atoms with E-state index < -0.39 is 0 Å². The second kappa shape index (κ2) is 11.5. The first kappa shape index (κ1) is 30.8. The van der Waals surface area contributed by atoms with Gasteiger partial charge in [-0.2, -0.15) is 5.10 Å². The highest BCUT2D eigenvalue weighted by Crippen LogP contribution is 2.37. The number of nitrogens with zero attached hydrogens (tertiary/aromatic N) is 6. The van der Waals surface area contributed by atoms with Crippen LogP contribution in [-0.2, 0) is 17.6 Å². The Labute approximate surface area is 260 Å². The van der Waals surface area contributed by atoms with Gasteiger partial charge in [-0.25, -0.2) is 4.68 Å². The van der Waals surface area contributed by atoms with E-state index in [1.807, 2.05) is 63.1 Å². The summed E-state index contributed by atoms with van der Waals surface area (Å²) in [6, 6.07) is 15.7. The molecule has 2 aromatic carbocycles. The average Bonchev–Trinajstić information content (AvgIpc) is 3.60. The number of likely N-dealkylation sites (tertiary alicyclic amines) is 1. The first-order valence-corrected chi connectivity index (χ1v) is 15.3. The van der Waals surface area contributed by atoms with Crippen molar-refractivity contribution in [2.45, 2.75) is 97.4 Å². The highest BCUT2D eigenvalue weighted by atomic mass is 35.5. The summed E-state index contributed by atoms with van der Waals surface area (Å²) in [7, 11) is 0. The SMILES string of the molecule is CC(C)(C)c1ccc(OCc2cn(C3CCC(C)(C)N(C(=O)c4cn(C(C)(C)C)nc4-c4ccccc4Cl)C3)nn2)cc1. The smallest absolute Gasteiger partial charge is 0.258 e. The zero-order valence-electron chi connectivity index (χ0n) is 26.6. The number of carbonyl (C=O) groups excluding carboxylic acids is 1. The van der Waals surface area contributed by atoms with Crippen LogP contribution >= 0.6 is 11.6 Å². The van der Waals surface area contributed by atoms with Crippen molar-refractivity contribution in [3.63, 3.8) is 0 Å². The van der Waals surface area contributed by atoms with Crippen molar-refractivity contribution in [3.8, 4) is 17.0 Å². The molecular weight excluding hydrogens is 560 g/mol. The molecule has 0 bridgehead atoms. The molecule has 2 aromatic heterocycles. The molecule has 0 N–H and O–H groups in total. The number of halogens is 1. The van der Waals surface area contributed by atoms with Crippen LogP contribution in [0, 0.1) is 0 Å². The molecule has 1 aliphatic heterocycles. The number of rotatable bonds is 6. The van der Waals surface area contributed by atoms with Crippen molar-refractivity contribution in [3.05, 3.63) is 82.8 Å². The van der Waals surface area contributed by atoms with Gasteiger partial charge in [-0.15, -0.1) is 5.10 Å². The average molecular weight is 603 g/mol. The number of benzene rings is 2. The van der Waals surface area contributed by atoms with Gasteiger partial charge in [0.1, 0.15) is 23.7 Å². The molecule has 3 heterocycles. The summed E-state index contributed by atoms with van der Waals surface area (Å²) in [5.74, 6) is 0.728. The fourth-order valence-corrected chi connectivity index (χ4v) is 5.64. The van der Waals surface area contributed by atoms with E-state index in [2.05, 4.69) is 77.8 Å². The summed E-state index contributed by atoms with van der Waals surface area (Å²) in [5.41, 5.74) is 3.33. The predicted molar refractivity (Wildman–Crippen MR) is 171 cm³/mol. The Hall–Kier alpha value is -3.65. The Morgan fingerprint density at radius 2 is 1.72 bits per heavy atom. The Morgan fingerprint density at radius 1 is 1.02 bits per heavy atom. The van der Waals surface area contributed by atoms with E-state index in [1.54, 1.807) is 0 Å². The lowest BCUT2D eigenvalue weighted by molar-refractivity contribution is 0.0309. The highest BCUT2D eigenvalue weighted by molar-refractivity contribution is 6.33. The minimum atomic E-state index is -0.346. The topological polar surface area (TPSA) is 78.1 Å². The molecule has 0 aliphatic carbocycles. The molecule has 0 radical (unpaired) electrons. The maximum absolute atomic E-state index is 14.4. The van der Waals surface area contributed by atoms with Crippen molar-refractivity contribution >= 4 is 17.5 Å². The molecule has 43 heavy (non-hydrogen) atoms. The fourth-order valence-electron chi connectivity index (χ4n) is 5.42. The molecule has 8 nitrogen and oxygen atoms in total. The van der Waals surface area contributed by atoms with Crippen LogP contribution in [0.1, 0.15) is 95.9 Å². The molecule has 1 aliphatic rings. The van der Waals surface area contributed by atoms with Crippen LogP contribution in [0.4, 0.5) is 0 Å². The van der Waals surface area contributed by atoms with Gasteiger partial charge >= 0.3 is 0 Å². The molecule has 0 saturated carbocycles. The lowest BCUT2D eigenvalue weighted by atomic mass is 9.87. The minimum absolute atomic E-state index is 0.00859.